The zero-order chi connectivity index (χ0) is 89.5. The van der Waals surface area contributed by atoms with E-state index in [2.05, 4.69) is 111 Å². The topological polar surface area (TPSA) is 446 Å². The molecule has 5 aliphatic heterocycles. The number of morpholine rings is 4. The van der Waals surface area contributed by atoms with Crippen molar-refractivity contribution < 1.29 is 48.3 Å². The number of urea groups is 3. The second kappa shape index (κ2) is 46.4. The van der Waals surface area contributed by atoms with Gasteiger partial charge in [-0.2, -0.15) is 0 Å². The molecule has 35 nitrogen and oxygen atoms in total. The molecule has 6 atom stereocenters. The van der Waals surface area contributed by atoms with Crippen LogP contribution in [0.3, 0.4) is 0 Å². The van der Waals surface area contributed by atoms with Crippen LogP contribution >= 0.6 is 12.2 Å². The van der Waals surface area contributed by atoms with Gasteiger partial charge in [-0.15, -0.1) is 5.10 Å². The number of pyridine rings is 1. The van der Waals surface area contributed by atoms with Crippen LogP contribution in [0.1, 0.15) is 79.9 Å². The average Bonchev–Trinajstić information content (AvgIpc) is 1.55. The van der Waals surface area contributed by atoms with Gasteiger partial charge in [-0.25, -0.2) is 38.9 Å². The fourth-order valence-electron chi connectivity index (χ4n) is 14.8. The van der Waals surface area contributed by atoms with Gasteiger partial charge in [0.15, 0.2) is 51.8 Å². The number of amides is 6. The molecular weight excluding hydrogens is 1650 g/mol. The normalized spacial score (nSPS) is 18.0. The molecule has 36 heteroatoms. The molecule has 0 radical (unpaired) electrons. The van der Waals surface area contributed by atoms with Crippen molar-refractivity contribution in [2.75, 3.05) is 137 Å². The Balaban J connectivity index is 0.000000146. The van der Waals surface area contributed by atoms with E-state index in [-0.39, 0.29) is 92.0 Å². The number of aromatic amines is 3. The van der Waals surface area contributed by atoms with Crippen LogP contribution in [-0.4, -0.2) is 259 Å². The zero-order valence-electron chi connectivity index (χ0n) is 71.7. The summed E-state index contributed by atoms with van der Waals surface area (Å²) in [6, 6.07) is 56.8. The van der Waals surface area contributed by atoms with Gasteiger partial charge in [0.1, 0.15) is 5.52 Å². The van der Waals surface area contributed by atoms with Gasteiger partial charge < -0.3 is 111 Å². The van der Waals surface area contributed by atoms with Crippen molar-refractivity contribution in [3.63, 3.8) is 0 Å². The molecule has 128 heavy (non-hydrogen) atoms. The Labute approximate surface area is 747 Å². The van der Waals surface area contributed by atoms with E-state index < -0.39 is 0 Å². The highest BCUT2D eigenvalue weighted by Gasteiger charge is 2.36. The first-order valence-corrected chi connectivity index (χ1v) is 42.9. The summed E-state index contributed by atoms with van der Waals surface area (Å²) in [7, 11) is 0. The molecule has 11 heterocycles. The molecule has 668 valence electrons. The van der Waals surface area contributed by atoms with E-state index in [1.165, 1.54) is 0 Å². The third kappa shape index (κ3) is 27.1. The van der Waals surface area contributed by atoms with Gasteiger partial charge in [-0.05, 0) is 216 Å². The van der Waals surface area contributed by atoms with Crippen molar-refractivity contribution in [3.05, 3.63) is 265 Å². The van der Waals surface area contributed by atoms with Crippen LogP contribution in [-0.2, 0) is 30.3 Å². The van der Waals surface area contributed by atoms with E-state index >= 15 is 0 Å². The Hall–Kier alpha value is -13.9. The van der Waals surface area contributed by atoms with Crippen LogP contribution in [0, 0.1) is 16.2 Å². The largest absolute Gasteiger partial charge is 0.395 e. The number of nitrogens with zero attached hydrogens (tertiary/aromatic N) is 11. The molecule has 5 aromatic carbocycles. The summed E-state index contributed by atoms with van der Waals surface area (Å²) in [5.41, 5.74) is 10.8. The smallest absolute Gasteiger partial charge is 0.323 e. The molecule has 11 aromatic rings. The molecule has 16 rings (SSSR count). The van der Waals surface area contributed by atoms with Crippen LogP contribution in [0.4, 0.5) is 48.6 Å². The zero-order valence-corrected chi connectivity index (χ0v) is 72.6. The number of carbonyl (C=O) groups is 3. The Morgan fingerprint density at radius 1 is 0.500 bits per heavy atom. The number of anilines is 6. The third-order valence-electron chi connectivity index (χ3n) is 20.6. The standard InChI is InChI=1S/C26H30N6O3.C24H27N7O2.C21H26N6O3.C21H26N6O2S/c27-24(31-25(23-7-4-12-28-23)32-14-17-34-18-15-32)21-8-10-22(11-9-21)30-26(33)29-13-16-35-19-20-5-2-1-3-6-20;1-16-14-31(15-17(2)33-16)23(21-6-4-12-27-21)30-22(25)18-7-9-19(10-8-18)28-24(32)29-20-5-3-11-26-13-20;1-14-12-26(13-15(2)30-14)20-18-4-3-10-27(18)25-19(24-20)16-5-7-17(8-6-16)23-21(29)22-9-11-28;22-19(14-3-5-15(6-4-14)25-21(30)24-10-11-28)26-20(18-2-1-9-23-18)27-12-16-7-8-17(13-27)29-16/h1-12,27-28H,13-19H2,(H2,29,30,33);3-13,16-17,25,27H,14-15H2,1-2H3,(H2,28,29,32);3-8,10,14-15,28H,9,11-13H2,1-2H3,(H2,22,23,29);1-6,9,16-17,22-23,28H,7-8,10-13H2,(H2,24,25,30)/t;16-,17+;14-,15+;16-,17+. The maximum absolute atomic E-state index is 12.2. The summed E-state index contributed by atoms with van der Waals surface area (Å²) in [4.78, 5) is 77.2. The van der Waals surface area contributed by atoms with Crippen LogP contribution in [0.25, 0.3) is 16.9 Å². The second-order valence-corrected chi connectivity index (χ2v) is 31.2. The van der Waals surface area contributed by atoms with Gasteiger partial charge >= 0.3 is 18.1 Å². The minimum Gasteiger partial charge on any atom is -0.395 e. The molecule has 0 spiro atoms. The van der Waals surface area contributed by atoms with E-state index in [4.69, 9.17) is 72.3 Å². The number of thiocarbonyl (C=S) groups is 1. The highest BCUT2D eigenvalue weighted by molar-refractivity contribution is 7.80. The van der Waals surface area contributed by atoms with Gasteiger partial charge in [-0.3, -0.25) is 21.2 Å². The maximum Gasteiger partial charge on any atom is 0.323 e. The molecular formula is C92H109N25O10S. The van der Waals surface area contributed by atoms with Gasteiger partial charge in [0, 0.05) is 148 Å². The first-order chi connectivity index (χ1) is 62.3. The number of ether oxygens (including phenoxy) is 5. The van der Waals surface area contributed by atoms with Gasteiger partial charge in [0.05, 0.1) is 105 Å². The summed E-state index contributed by atoms with van der Waals surface area (Å²) in [5.74, 6) is 4.19. The minimum absolute atomic E-state index is 0.0176. The number of aliphatic hydroxyl groups excluding tert-OH is 2. The van der Waals surface area contributed by atoms with Crippen LogP contribution in [0.5, 0.6) is 0 Å². The molecule has 5 fully saturated rings. The number of amidine groups is 6. The molecule has 6 aromatic heterocycles. The second-order valence-electron chi connectivity index (χ2n) is 30.7. The highest BCUT2D eigenvalue weighted by atomic mass is 32.1. The summed E-state index contributed by atoms with van der Waals surface area (Å²) in [6.45, 7) is 17.3. The lowest BCUT2D eigenvalue weighted by Gasteiger charge is -2.37. The maximum atomic E-state index is 12.2. The number of nitrogens with one attached hydrogen (secondary N) is 14. The number of hydrogen-bond donors (Lipinski definition) is 16. The number of benzene rings is 5. The van der Waals surface area contributed by atoms with E-state index in [0.717, 1.165) is 115 Å². The van der Waals surface area contributed by atoms with Gasteiger partial charge in [0.25, 0.3) is 0 Å². The monoisotopic (exact) mass is 1760 g/mol. The van der Waals surface area contributed by atoms with Crippen molar-refractivity contribution in [1.82, 2.24) is 65.2 Å². The molecule has 5 aliphatic rings. The lowest BCUT2D eigenvalue weighted by Crippen LogP contribution is -2.48. The number of H-pyrrole nitrogens is 3. The van der Waals surface area contributed by atoms with Crippen LogP contribution in [0.2, 0.25) is 0 Å². The third-order valence-corrected chi connectivity index (χ3v) is 20.9. The number of fused-ring (bicyclic) bond motifs is 3. The quantitative estimate of drug-likeness (QED) is 0.0130. The first-order valence-electron chi connectivity index (χ1n) is 42.5. The van der Waals surface area contributed by atoms with Gasteiger partial charge in [0.2, 0.25) is 0 Å². The van der Waals surface area contributed by atoms with Crippen molar-refractivity contribution in [2.45, 2.75) is 83.8 Å². The highest BCUT2D eigenvalue weighted by Crippen LogP contribution is 2.30. The molecule has 0 saturated carbocycles. The number of aliphatic hydroxyl groups is 2. The molecule has 5 saturated heterocycles. The minimum atomic E-state index is -0.367. The van der Waals surface area contributed by atoms with Crippen molar-refractivity contribution in [2.24, 2.45) is 15.0 Å². The SMILES string of the molecule is C[C@@H]1CN(C(=NC(=N)c2ccc(NC(=O)Nc3cccnc3)cc2)c2ccc[nH]2)C[C@H](C)O1.C[C@@H]1CN(c2nc(-c3ccc(NC(=O)NCCO)cc3)nn3cccc23)C[C@H](C)O1.N=C(N=C(c1ccc[nH]1)N1CCOCC1)c1ccc(NC(=O)NCCOCc2ccccc2)cc1.N=C(N=C(c1ccc[nH]1)N1C[C@H]2CC[C@@H](C1)O2)c1ccc(NC(=S)NCCO)cc1. The molecule has 16 N–H and O–H groups in total. The first kappa shape index (κ1) is 91.8. The number of carbonyl (C=O) groups excluding carboxylic acids is 3. The summed E-state index contributed by atoms with van der Waals surface area (Å²) in [6.07, 6.45) is 13.7. The Morgan fingerprint density at radius 3 is 1.47 bits per heavy atom. The molecule has 2 bridgehead atoms. The predicted molar refractivity (Wildman–Crippen MR) is 501 cm³/mol. The van der Waals surface area contributed by atoms with E-state index in [1.54, 1.807) is 85.2 Å². The van der Waals surface area contributed by atoms with Gasteiger partial charge in [-0.1, -0.05) is 30.3 Å². The average molecular weight is 1760 g/mol. The van der Waals surface area contributed by atoms with E-state index in [9.17, 15) is 14.4 Å². The number of hydrogen-bond acceptors (Lipinski definition) is 18. The lowest BCUT2D eigenvalue weighted by molar-refractivity contribution is -0.0478. The Morgan fingerprint density at radius 2 is 0.969 bits per heavy atom. The molecule has 6 amide bonds. The Bertz CT molecular complexity index is 5480. The number of rotatable bonds is 22. The predicted octanol–water partition coefficient (Wildman–Crippen LogP) is 11.4. The Kier molecular flexibility index (Phi) is 33.3. The van der Waals surface area contributed by atoms with Crippen molar-refractivity contribution >= 4 is 110 Å². The number of aromatic nitrogens is 7. The fourth-order valence-corrected chi connectivity index (χ4v) is 15.0. The molecule has 0 unspecified atom stereocenters. The summed E-state index contributed by atoms with van der Waals surface area (Å²) in [5, 5.41) is 70.6. The van der Waals surface area contributed by atoms with Crippen molar-refractivity contribution in [3.8, 4) is 11.4 Å². The van der Waals surface area contributed by atoms with Crippen LogP contribution in [0.15, 0.2) is 240 Å². The van der Waals surface area contributed by atoms with E-state index in [0.29, 0.717) is 103 Å². The number of aliphatic imine (C=N–C) groups is 3. The van der Waals surface area contributed by atoms with Crippen LogP contribution < -0.4 is 47.4 Å². The molecule has 0 aliphatic carbocycles. The van der Waals surface area contributed by atoms with Crippen molar-refractivity contribution in [1.29, 1.82) is 16.2 Å². The van der Waals surface area contributed by atoms with E-state index in [1.807, 2.05) is 158 Å². The fraction of sp³-hybridized carbons (Fsp3) is 0.315. The lowest BCUT2D eigenvalue weighted by atomic mass is 10.2. The number of likely N-dealkylation sites (tertiary alicyclic amines) is 1. The summed E-state index contributed by atoms with van der Waals surface area (Å²) >= 11 is 5.17. The summed E-state index contributed by atoms with van der Waals surface area (Å²) < 4.78 is 30.5.